The highest BCUT2D eigenvalue weighted by molar-refractivity contribution is 6.05. The molecule has 0 bridgehead atoms. The quantitative estimate of drug-likeness (QED) is 0.571. The van der Waals surface area contributed by atoms with E-state index < -0.39 is 11.6 Å². The Hall–Kier alpha value is -2.83. The van der Waals surface area contributed by atoms with Gasteiger partial charge in [-0.3, -0.25) is 15.1 Å². The maximum Gasteiger partial charge on any atom is 0.152 e. The van der Waals surface area contributed by atoms with E-state index in [2.05, 4.69) is 10.1 Å². The van der Waals surface area contributed by atoms with E-state index in [4.69, 9.17) is 11.1 Å². The molecule has 7 heteroatoms. The number of nitrogen functional groups attached to an aromatic ring is 1. The molecule has 3 N–H and O–H groups in total. The molecule has 3 rings (SSSR count). The monoisotopic (exact) mass is 287 g/mol. The number of hydrogen-bond donors (Lipinski definition) is 2. The second kappa shape index (κ2) is 4.93. The molecule has 0 fully saturated rings. The Morgan fingerprint density at radius 2 is 2.14 bits per heavy atom. The molecule has 5 nitrogen and oxygen atoms in total. The van der Waals surface area contributed by atoms with Crippen molar-refractivity contribution >= 4 is 16.7 Å². The molecule has 106 valence electrons. The lowest BCUT2D eigenvalue weighted by atomic mass is 10.2. The summed E-state index contributed by atoms with van der Waals surface area (Å²) in [6.07, 6.45) is 3.25. The van der Waals surface area contributed by atoms with E-state index in [1.165, 1.54) is 4.68 Å². The third-order valence-electron chi connectivity index (χ3n) is 3.07. The van der Waals surface area contributed by atoms with Crippen LogP contribution in [0.5, 0.6) is 0 Å². The van der Waals surface area contributed by atoms with Crippen LogP contribution in [0.25, 0.3) is 10.9 Å². The normalized spacial score (nSPS) is 11.0. The maximum atomic E-state index is 14.1. The fourth-order valence-electron chi connectivity index (χ4n) is 2.21. The number of nitrogens with zero attached hydrogens (tertiary/aromatic N) is 3. The van der Waals surface area contributed by atoms with Crippen LogP contribution >= 0.6 is 0 Å². The molecule has 2 heterocycles. The zero-order valence-corrected chi connectivity index (χ0v) is 10.8. The molecule has 0 atom stereocenters. The number of rotatable bonds is 3. The lowest BCUT2D eigenvalue weighted by Crippen LogP contribution is -2.13. The van der Waals surface area contributed by atoms with Gasteiger partial charge in [0.2, 0.25) is 0 Å². The average Bonchev–Trinajstić information content (AvgIpc) is 2.79. The van der Waals surface area contributed by atoms with Crippen molar-refractivity contribution in [3.8, 4) is 0 Å². The van der Waals surface area contributed by atoms with Crippen molar-refractivity contribution in [2.75, 3.05) is 0 Å². The largest absolute Gasteiger partial charge is 0.382 e. The molecule has 21 heavy (non-hydrogen) atoms. The van der Waals surface area contributed by atoms with E-state index in [1.807, 2.05) is 6.07 Å². The highest BCUT2D eigenvalue weighted by atomic mass is 19.1. The van der Waals surface area contributed by atoms with Crippen LogP contribution in [0.15, 0.2) is 36.7 Å². The zero-order valence-electron chi connectivity index (χ0n) is 10.8. The predicted molar refractivity (Wildman–Crippen MR) is 74.0 cm³/mol. The molecule has 0 aliphatic carbocycles. The summed E-state index contributed by atoms with van der Waals surface area (Å²) in [6.45, 7) is 0.250. The summed E-state index contributed by atoms with van der Waals surface area (Å²) in [4.78, 5) is 3.98. The minimum Gasteiger partial charge on any atom is -0.382 e. The van der Waals surface area contributed by atoms with Gasteiger partial charge in [-0.15, -0.1) is 0 Å². The number of amidine groups is 1. The van der Waals surface area contributed by atoms with Gasteiger partial charge in [-0.2, -0.15) is 5.10 Å². The number of hydrogen-bond acceptors (Lipinski definition) is 3. The van der Waals surface area contributed by atoms with Gasteiger partial charge in [0.15, 0.2) is 5.82 Å². The molecule has 0 amide bonds. The van der Waals surface area contributed by atoms with E-state index in [0.717, 1.165) is 17.7 Å². The minimum atomic E-state index is -0.742. The first-order valence-electron chi connectivity index (χ1n) is 6.15. The summed E-state index contributed by atoms with van der Waals surface area (Å²) in [7, 11) is 0. The van der Waals surface area contributed by atoms with Crippen molar-refractivity contribution in [1.29, 1.82) is 5.41 Å². The molecular weight excluding hydrogens is 276 g/mol. The summed E-state index contributed by atoms with van der Waals surface area (Å²) < 4.78 is 28.8. The number of nitrogens with one attached hydrogen (secondary N) is 1. The van der Waals surface area contributed by atoms with E-state index >= 15 is 0 Å². The van der Waals surface area contributed by atoms with Gasteiger partial charge < -0.3 is 5.73 Å². The summed E-state index contributed by atoms with van der Waals surface area (Å²) in [5, 5.41) is 11.8. The van der Waals surface area contributed by atoms with Gasteiger partial charge in [0.25, 0.3) is 0 Å². The van der Waals surface area contributed by atoms with Gasteiger partial charge >= 0.3 is 0 Å². The van der Waals surface area contributed by atoms with Gasteiger partial charge in [-0.25, -0.2) is 8.78 Å². The third kappa shape index (κ3) is 2.33. The highest BCUT2D eigenvalue weighted by Gasteiger charge is 2.18. The van der Waals surface area contributed by atoms with Gasteiger partial charge in [0.1, 0.15) is 22.9 Å². The number of nitrogens with two attached hydrogens (primary N) is 1. The third-order valence-corrected chi connectivity index (χ3v) is 3.07. The van der Waals surface area contributed by atoms with Crippen molar-refractivity contribution in [3.63, 3.8) is 0 Å². The molecule has 2 aromatic heterocycles. The smallest absolute Gasteiger partial charge is 0.152 e. The van der Waals surface area contributed by atoms with Crippen molar-refractivity contribution in [1.82, 2.24) is 14.8 Å². The maximum absolute atomic E-state index is 14.1. The van der Waals surface area contributed by atoms with Crippen molar-refractivity contribution in [2.24, 2.45) is 5.73 Å². The van der Waals surface area contributed by atoms with Crippen LogP contribution in [0, 0.1) is 17.0 Å². The zero-order chi connectivity index (χ0) is 15.0. The Bertz CT molecular complexity index is 826. The Labute approximate surface area is 118 Å². The van der Waals surface area contributed by atoms with Gasteiger partial charge in [0, 0.05) is 23.8 Å². The number of fused-ring (bicyclic) bond motifs is 1. The summed E-state index contributed by atoms with van der Waals surface area (Å²) in [5.74, 6) is -1.81. The van der Waals surface area contributed by atoms with Crippen LogP contribution in [-0.2, 0) is 6.54 Å². The first kappa shape index (κ1) is 13.2. The molecule has 0 saturated heterocycles. The lowest BCUT2D eigenvalue weighted by molar-refractivity contribution is 0.582. The first-order chi connectivity index (χ1) is 10.1. The Morgan fingerprint density at radius 1 is 1.33 bits per heavy atom. The lowest BCUT2D eigenvalue weighted by Gasteiger charge is -2.04. The predicted octanol–water partition coefficient (Wildman–Crippen LogP) is 2.04. The first-order valence-corrected chi connectivity index (χ1v) is 6.15. The number of halogens is 2. The van der Waals surface area contributed by atoms with Crippen LogP contribution in [0.1, 0.15) is 11.3 Å². The molecule has 0 radical (unpaired) electrons. The molecule has 0 spiro atoms. The second-order valence-corrected chi connectivity index (χ2v) is 4.56. The minimum absolute atomic E-state index is 0.0623. The summed E-state index contributed by atoms with van der Waals surface area (Å²) >= 11 is 0. The summed E-state index contributed by atoms with van der Waals surface area (Å²) in [6, 6.07) is 5.48. The molecular formula is C14H11F2N5. The van der Waals surface area contributed by atoms with E-state index in [9.17, 15) is 8.78 Å². The van der Waals surface area contributed by atoms with E-state index in [-0.39, 0.29) is 29.0 Å². The number of pyridine rings is 1. The average molecular weight is 287 g/mol. The van der Waals surface area contributed by atoms with E-state index in [1.54, 1.807) is 18.5 Å². The van der Waals surface area contributed by atoms with Crippen molar-refractivity contribution < 1.29 is 8.78 Å². The number of benzene rings is 1. The fraction of sp³-hybridized carbons (Fsp3) is 0.0714. The van der Waals surface area contributed by atoms with Crippen LogP contribution in [-0.4, -0.2) is 20.6 Å². The fourth-order valence-corrected chi connectivity index (χ4v) is 2.21. The molecule has 3 aromatic rings. The Balaban J connectivity index is 2.21. The topological polar surface area (TPSA) is 80.6 Å². The molecule has 1 aromatic carbocycles. The highest BCUT2D eigenvalue weighted by Crippen LogP contribution is 2.23. The molecule has 0 aliphatic heterocycles. The molecule has 0 unspecified atom stereocenters. The Kier molecular flexibility index (Phi) is 3.09. The van der Waals surface area contributed by atoms with Gasteiger partial charge in [0.05, 0.1) is 6.54 Å². The van der Waals surface area contributed by atoms with Crippen LogP contribution in [0.4, 0.5) is 8.78 Å². The van der Waals surface area contributed by atoms with Gasteiger partial charge in [-0.05, 0) is 17.7 Å². The van der Waals surface area contributed by atoms with Crippen molar-refractivity contribution in [2.45, 2.75) is 6.54 Å². The summed E-state index contributed by atoms with van der Waals surface area (Å²) in [5.41, 5.74) is 6.42. The number of aromatic nitrogens is 3. The van der Waals surface area contributed by atoms with Crippen LogP contribution in [0.2, 0.25) is 0 Å². The van der Waals surface area contributed by atoms with Crippen LogP contribution < -0.4 is 5.73 Å². The SMILES string of the molecule is N=C(N)c1nn(Cc2cccnc2)c2c(F)cc(F)cc12. The standard InChI is InChI=1S/C14H11F2N5/c15-9-4-10-12(14(17)18)20-21(13(10)11(16)5-9)7-8-2-1-3-19-6-8/h1-6H,7H2,(H3,17,18). The second-order valence-electron chi connectivity index (χ2n) is 4.56. The van der Waals surface area contributed by atoms with Crippen molar-refractivity contribution in [3.05, 3.63) is 59.6 Å². The molecule has 0 saturated carbocycles. The molecule has 0 aliphatic rings. The van der Waals surface area contributed by atoms with E-state index in [0.29, 0.717) is 0 Å². The Morgan fingerprint density at radius 3 is 2.81 bits per heavy atom. The van der Waals surface area contributed by atoms with Gasteiger partial charge in [-0.1, -0.05) is 6.07 Å². The van der Waals surface area contributed by atoms with Crippen LogP contribution in [0.3, 0.4) is 0 Å².